The van der Waals surface area contributed by atoms with Crippen LogP contribution < -0.4 is 0 Å². The highest BCUT2D eigenvalue weighted by Gasteiger charge is 2.21. The summed E-state index contributed by atoms with van der Waals surface area (Å²) < 4.78 is 0. The fourth-order valence-electron chi connectivity index (χ4n) is 4.09. The van der Waals surface area contributed by atoms with Crippen LogP contribution in [0.4, 0.5) is 0 Å². The van der Waals surface area contributed by atoms with Gasteiger partial charge in [-0.05, 0) is 45.8 Å². The van der Waals surface area contributed by atoms with Gasteiger partial charge in [0.2, 0.25) is 0 Å². The fraction of sp³-hybridized carbons (Fsp3) is 0.957. The summed E-state index contributed by atoms with van der Waals surface area (Å²) in [5.74, 6) is 0.753. The van der Waals surface area contributed by atoms with Crippen LogP contribution in [0.2, 0.25) is 0 Å². The van der Waals surface area contributed by atoms with Gasteiger partial charge in [0.05, 0.1) is 0 Å². The Morgan fingerprint density at radius 3 is 1.52 bits per heavy atom. The van der Waals surface area contributed by atoms with Crippen LogP contribution in [0.5, 0.6) is 0 Å². The number of hydrogen-bond donors (Lipinski definition) is 0. The standard InChI is InChI=1S/C23H45NO/c1-3-4-5-6-7-8-9-10-11-12-13-14-15-16-19-24-20-17-23(18-21-24)22(2)25/h23H,3-21H2,1-2H3. The number of likely N-dealkylation sites (tertiary alicyclic amines) is 1. The third-order valence-electron chi connectivity index (χ3n) is 5.99. The van der Waals surface area contributed by atoms with Crippen molar-refractivity contribution in [2.75, 3.05) is 19.6 Å². The molecule has 0 aromatic carbocycles. The molecule has 0 saturated carbocycles. The number of piperidine rings is 1. The second-order valence-electron chi connectivity index (χ2n) is 8.32. The fourth-order valence-corrected chi connectivity index (χ4v) is 4.09. The van der Waals surface area contributed by atoms with E-state index in [1.54, 1.807) is 6.92 Å². The van der Waals surface area contributed by atoms with Gasteiger partial charge in [0.25, 0.3) is 0 Å². The summed E-state index contributed by atoms with van der Waals surface area (Å²) in [7, 11) is 0. The van der Waals surface area contributed by atoms with Crippen molar-refractivity contribution in [1.82, 2.24) is 4.90 Å². The molecule has 1 aliphatic rings. The van der Waals surface area contributed by atoms with Gasteiger partial charge >= 0.3 is 0 Å². The highest BCUT2D eigenvalue weighted by atomic mass is 16.1. The number of rotatable bonds is 16. The molecule has 0 aromatic heterocycles. The Labute approximate surface area is 158 Å². The van der Waals surface area contributed by atoms with Gasteiger partial charge in [0, 0.05) is 5.92 Å². The molecule has 1 heterocycles. The van der Waals surface area contributed by atoms with Crippen LogP contribution in [0.1, 0.15) is 117 Å². The first-order valence-electron chi connectivity index (χ1n) is 11.5. The average molecular weight is 352 g/mol. The third-order valence-corrected chi connectivity index (χ3v) is 5.99. The number of carbonyl (C=O) groups excluding carboxylic acids is 1. The summed E-state index contributed by atoms with van der Waals surface area (Å²) in [5.41, 5.74) is 0. The van der Waals surface area contributed by atoms with E-state index in [-0.39, 0.29) is 0 Å². The van der Waals surface area contributed by atoms with Gasteiger partial charge in [-0.25, -0.2) is 0 Å². The number of hydrogen-bond acceptors (Lipinski definition) is 2. The van der Waals surface area contributed by atoms with Crippen LogP contribution in [-0.2, 0) is 4.79 Å². The number of ketones is 1. The molecular weight excluding hydrogens is 306 g/mol. The molecule has 1 saturated heterocycles. The topological polar surface area (TPSA) is 20.3 Å². The van der Waals surface area contributed by atoms with Crippen molar-refractivity contribution in [3.63, 3.8) is 0 Å². The van der Waals surface area contributed by atoms with Crippen LogP contribution in [-0.4, -0.2) is 30.3 Å². The summed E-state index contributed by atoms with van der Waals surface area (Å²) >= 11 is 0. The van der Waals surface area contributed by atoms with E-state index in [9.17, 15) is 4.79 Å². The molecule has 0 atom stereocenters. The Morgan fingerprint density at radius 2 is 1.12 bits per heavy atom. The summed E-state index contributed by atoms with van der Waals surface area (Å²) in [6.45, 7) is 7.58. The molecule has 2 heteroatoms. The summed E-state index contributed by atoms with van der Waals surface area (Å²) in [4.78, 5) is 14.0. The average Bonchev–Trinajstić information content (AvgIpc) is 2.62. The second kappa shape index (κ2) is 15.9. The Hall–Kier alpha value is -0.370. The molecule has 0 aliphatic carbocycles. The lowest BCUT2D eigenvalue weighted by Crippen LogP contribution is -2.36. The molecule has 1 rings (SSSR count). The minimum Gasteiger partial charge on any atom is -0.303 e. The molecule has 0 aromatic rings. The van der Waals surface area contributed by atoms with Gasteiger partial charge in [-0.15, -0.1) is 0 Å². The second-order valence-corrected chi connectivity index (χ2v) is 8.32. The normalized spacial score (nSPS) is 16.4. The molecular formula is C23H45NO. The van der Waals surface area contributed by atoms with Crippen LogP contribution >= 0.6 is 0 Å². The predicted molar refractivity (Wildman–Crippen MR) is 110 cm³/mol. The number of carbonyl (C=O) groups is 1. The summed E-state index contributed by atoms with van der Waals surface area (Å²) in [6.07, 6.45) is 22.2. The Bertz CT molecular complexity index is 307. The molecule has 2 nitrogen and oxygen atoms in total. The van der Waals surface area contributed by atoms with E-state index in [1.807, 2.05) is 0 Å². The Morgan fingerprint density at radius 1 is 0.720 bits per heavy atom. The quantitative estimate of drug-likeness (QED) is 0.286. The maximum Gasteiger partial charge on any atom is 0.133 e. The van der Waals surface area contributed by atoms with Crippen molar-refractivity contribution in [3.05, 3.63) is 0 Å². The van der Waals surface area contributed by atoms with E-state index in [4.69, 9.17) is 0 Å². The third kappa shape index (κ3) is 12.6. The zero-order chi connectivity index (χ0) is 18.2. The molecule has 1 aliphatic heterocycles. The lowest BCUT2D eigenvalue weighted by Gasteiger charge is -2.30. The van der Waals surface area contributed by atoms with Gasteiger partial charge in [-0.1, -0.05) is 90.4 Å². The van der Waals surface area contributed by atoms with Crippen LogP contribution in [0.3, 0.4) is 0 Å². The number of nitrogens with zero attached hydrogens (tertiary/aromatic N) is 1. The monoisotopic (exact) mass is 351 g/mol. The van der Waals surface area contributed by atoms with Gasteiger partial charge in [0.1, 0.15) is 5.78 Å². The van der Waals surface area contributed by atoms with Crippen LogP contribution in [0.15, 0.2) is 0 Å². The van der Waals surface area contributed by atoms with Crippen LogP contribution in [0, 0.1) is 5.92 Å². The maximum atomic E-state index is 11.4. The van der Waals surface area contributed by atoms with Crippen molar-refractivity contribution in [1.29, 1.82) is 0 Å². The van der Waals surface area contributed by atoms with Gasteiger partial charge < -0.3 is 4.90 Å². The minimum atomic E-state index is 0.354. The van der Waals surface area contributed by atoms with Gasteiger partial charge in [0.15, 0.2) is 0 Å². The van der Waals surface area contributed by atoms with E-state index in [0.717, 1.165) is 25.9 Å². The number of Topliss-reactive ketones (excluding diaryl/α,β-unsaturated/α-hetero) is 1. The summed E-state index contributed by atoms with van der Waals surface area (Å²) in [5, 5.41) is 0. The van der Waals surface area contributed by atoms with Crippen molar-refractivity contribution < 1.29 is 4.79 Å². The molecule has 0 radical (unpaired) electrons. The largest absolute Gasteiger partial charge is 0.303 e. The zero-order valence-corrected chi connectivity index (χ0v) is 17.4. The molecule has 25 heavy (non-hydrogen) atoms. The van der Waals surface area contributed by atoms with Gasteiger partial charge in [-0.2, -0.15) is 0 Å². The lowest BCUT2D eigenvalue weighted by molar-refractivity contribution is -0.122. The van der Waals surface area contributed by atoms with E-state index in [2.05, 4.69) is 11.8 Å². The first-order chi connectivity index (χ1) is 12.2. The molecule has 0 amide bonds. The molecule has 148 valence electrons. The van der Waals surface area contributed by atoms with E-state index in [0.29, 0.717) is 11.7 Å². The molecule has 0 N–H and O–H groups in total. The predicted octanol–water partition coefficient (Wildman–Crippen LogP) is 6.77. The smallest absolute Gasteiger partial charge is 0.133 e. The zero-order valence-electron chi connectivity index (χ0n) is 17.4. The maximum absolute atomic E-state index is 11.4. The Balaban J connectivity index is 1.76. The first kappa shape index (κ1) is 22.7. The highest BCUT2D eigenvalue weighted by molar-refractivity contribution is 5.78. The molecule has 0 bridgehead atoms. The van der Waals surface area contributed by atoms with Crippen molar-refractivity contribution in [3.8, 4) is 0 Å². The van der Waals surface area contributed by atoms with E-state index >= 15 is 0 Å². The van der Waals surface area contributed by atoms with Gasteiger partial charge in [-0.3, -0.25) is 4.79 Å². The van der Waals surface area contributed by atoms with Crippen molar-refractivity contribution >= 4 is 5.78 Å². The first-order valence-corrected chi connectivity index (χ1v) is 11.5. The number of unbranched alkanes of at least 4 members (excludes halogenated alkanes) is 13. The van der Waals surface area contributed by atoms with Crippen molar-refractivity contribution in [2.24, 2.45) is 5.92 Å². The van der Waals surface area contributed by atoms with E-state index in [1.165, 1.54) is 96.4 Å². The summed E-state index contributed by atoms with van der Waals surface area (Å²) in [6, 6.07) is 0. The lowest BCUT2D eigenvalue weighted by atomic mass is 9.93. The SMILES string of the molecule is CCCCCCCCCCCCCCCCN1CCC(C(C)=O)CC1. The molecule has 1 fully saturated rings. The van der Waals surface area contributed by atoms with Crippen LogP contribution in [0.25, 0.3) is 0 Å². The molecule has 0 unspecified atom stereocenters. The van der Waals surface area contributed by atoms with E-state index < -0.39 is 0 Å². The Kier molecular flexibility index (Phi) is 14.4. The highest BCUT2D eigenvalue weighted by Crippen LogP contribution is 2.18. The molecule has 0 spiro atoms. The minimum absolute atomic E-state index is 0.354. The van der Waals surface area contributed by atoms with Crippen molar-refractivity contribution in [2.45, 2.75) is 117 Å².